The lowest BCUT2D eigenvalue weighted by Crippen LogP contribution is -2.41. The molecule has 0 saturated heterocycles. The first kappa shape index (κ1) is 11.9. The summed E-state index contributed by atoms with van der Waals surface area (Å²) in [4.78, 5) is 0. The molecule has 0 heterocycles. The van der Waals surface area contributed by atoms with Crippen molar-refractivity contribution in [2.45, 2.75) is 46.8 Å². The zero-order valence-corrected chi connectivity index (χ0v) is 9.27. The molecule has 2 heteroatoms. The Kier molecular flexibility index (Phi) is 4.80. The van der Waals surface area contributed by atoms with Crippen LogP contribution in [-0.4, -0.2) is 25.8 Å². The molecule has 0 aromatic carbocycles. The highest BCUT2D eigenvalue weighted by Crippen LogP contribution is 2.18. The van der Waals surface area contributed by atoms with E-state index >= 15 is 0 Å². The normalized spacial score (nSPS) is 17.5. The largest absolute Gasteiger partial charge is 0.380 e. The van der Waals surface area contributed by atoms with Gasteiger partial charge in [-0.05, 0) is 19.3 Å². The molecular formula is C10H23NO. The second kappa shape index (κ2) is 4.83. The van der Waals surface area contributed by atoms with Gasteiger partial charge < -0.3 is 10.1 Å². The maximum Gasteiger partial charge on any atom is 0.0667 e. The molecule has 0 radical (unpaired) electrons. The highest BCUT2D eigenvalue weighted by atomic mass is 16.5. The molecule has 0 spiro atoms. The Bertz CT molecular complexity index is 117. The van der Waals surface area contributed by atoms with Gasteiger partial charge in [0, 0.05) is 19.7 Å². The van der Waals surface area contributed by atoms with Gasteiger partial charge in [0.25, 0.3) is 0 Å². The van der Waals surface area contributed by atoms with Crippen molar-refractivity contribution in [3.05, 3.63) is 0 Å². The predicted octanol–water partition coefficient (Wildman–Crippen LogP) is 2.05. The fraction of sp³-hybridized carbons (Fsp3) is 1.00. The summed E-state index contributed by atoms with van der Waals surface area (Å²) in [5.74, 6) is 0. The number of methoxy groups -OCH3 is 1. The monoisotopic (exact) mass is 173 g/mol. The Morgan fingerprint density at radius 2 is 1.75 bits per heavy atom. The van der Waals surface area contributed by atoms with E-state index in [-0.39, 0.29) is 0 Å². The SMILES string of the molecule is COC(C)CNC(C)C(C)(C)C. The third kappa shape index (κ3) is 4.73. The van der Waals surface area contributed by atoms with E-state index in [4.69, 9.17) is 4.74 Å². The first-order valence-corrected chi connectivity index (χ1v) is 4.64. The second-order valence-corrected chi connectivity index (χ2v) is 4.54. The zero-order chi connectivity index (χ0) is 9.78. The minimum absolute atomic E-state index is 0.301. The van der Waals surface area contributed by atoms with E-state index in [0.717, 1.165) is 6.54 Å². The molecule has 0 aromatic rings. The van der Waals surface area contributed by atoms with E-state index in [1.54, 1.807) is 7.11 Å². The Morgan fingerprint density at radius 3 is 2.08 bits per heavy atom. The van der Waals surface area contributed by atoms with Gasteiger partial charge in [0.2, 0.25) is 0 Å². The van der Waals surface area contributed by atoms with E-state index in [9.17, 15) is 0 Å². The lowest BCUT2D eigenvalue weighted by Gasteiger charge is -2.29. The summed E-state index contributed by atoms with van der Waals surface area (Å²) in [6.07, 6.45) is 0.301. The minimum atomic E-state index is 0.301. The first-order valence-electron chi connectivity index (χ1n) is 4.64. The summed E-state index contributed by atoms with van der Waals surface area (Å²) >= 11 is 0. The number of rotatable bonds is 4. The molecule has 12 heavy (non-hydrogen) atoms. The van der Waals surface area contributed by atoms with E-state index in [2.05, 4.69) is 39.9 Å². The van der Waals surface area contributed by atoms with Gasteiger partial charge in [-0.1, -0.05) is 20.8 Å². The topological polar surface area (TPSA) is 21.3 Å². The zero-order valence-electron chi connectivity index (χ0n) is 9.27. The lowest BCUT2D eigenvalue weighted by molar-refractivity contribution is 0.109. The summed E-state index contributed by atoms with van der Waals surface area (Å²) in [6, 6.07) is 0.523. The summed E-state index contributed by atoms with van der Waals surface area (Å²) in [5, 5.41) is 3.45. The lowest BCUT2D eigenvalue weighted by atomic mass is 9.88. The van der Waals surface area contributed by atoms with Gasteiger partial charge >= 0.3 is 0 Å². The third-order valence-corrected chi connectivity index (χ3v) is 2.41. The second-order valence-electron chi connectivity index (χ2n) is 4.54. The van der Waals surface area contributed by atoms with E-state index in [1.807, 2.05) is 0 Å². The maximum atomic E-state index is 5.15. The molecular weight excluding hydrogens is 150 g/mol. The Morgan fingerprint density at radius 1 is 1.25 bits per heavy atom. The van der Waals surface area contributed by atoms with Crippen LogP contribution in [0.15, 0.2) is 0 Å². The summed E-state index contributed by atoms with van der Waals surface area (Å²) < 4.78 is 5.15. The molecule has 0 saturated carbocycles. The maximum absolute atomic E-state index is 5.15. The molecule has 0 aromatic heterocycles. The Hall–Kier alpha value is -0.0800. The van der Waals surface area contributed by atoms with Gasteiger partial charge in [-0.2, -0.15) is 0 Å². The molecule has 0 fully saturated rings. The molecule has 2 atom stereocenters. The van der Waals surface area contributed by atoms with Crippen LogP contribution in [0, 0.1) is 5.41 Å². The van der Waals surface area contributed by atoms with Gasteiger partial charge in [-0.15, -0.1) is 0 Å². The van der Waals surface area contributed by atoms with Crippen molar-refractivity contribution in [3.63, 3.8) is 0 Å². The summed E-state index contributed by atoms with van der Waals surface area (Å²) in [5.41, 5.74) is 0.327. The molecule has 2 unspecified atom stereocenters. The van der Waals surface area contributed by atoms with Crippen LogP contribution >= 0.6 is 0 Å². The molecule has 74 valence electrons. The van der Waals surface area contributed by atoms with Crippen molar-refractivity contribution in [2.24, 2.45) is 5.41 Å². The standard InChI is InChI=1S/C10H23NO/c1-8(12-6)7-11-9(2)10(3,4)5/h8-9,11H,7H2,1-6H3. The smallest absolute Gasteiger partial charge is 0.0667 e. The van der Waals surface area contributed by atoms with Gasteiger partial charge in [0.1, 0.15) is 0 Å². The van der Waals surface area contributed by atoms with Crippen LogP contribution in [0.25, 0.3) is 0 Å². The van der Waals surface area contributed by atoms with Gasteiger partial charge in [0.05, 0.1) is 6.10 Å². The Balaban J connectivity index is 3.64. The molecule has 0 amide bonds. The van der Waals surface area contributed by atoms with Crippen LogP contribution in [0.1, 0.15) is 34.6 Å². The van der Waals surface area contributed by atoms with Crippen molar-refractivity contribution in [3.8, 4) is 0 Å². The van der Waals surface area contributed by atoms with Gasteiger partial charge in [-0.25, -0.2) is 0 Å². The third-order valence-electron chi connectivity index (χ3n) is 2.41. The number of hydrogen-bond acceptors (Lipinski definition) is 2. The molecule has 2 nitrogen and oxygen atoms in total. The average Bonchev–Trinajstić information content (AvgIpc) is 1.97. The molecule has 0 bridgehead atoms. The highest BCUT2D eigenvalue weighted by molar-refractivity contribution is 4.76. The fourth-order valence-electron chi connectivity index (χ4n) is 0.732. The first-order chi connectivity index (χ1) is 5.38. The summed E-state index contributed by atoms with van der Waals surface area (Å²) in [6.45, 7) is 11.9. The van der Waals surface area contributed by atoms with Crippen LogP contribution in [0.2, 0.25) is 0 Å². The highest BCUT2D eigenvalue weighted by Gasteiger charge is 2.19. The van der Waals surface area contributed by atoms with E-state index in [1.165, 1.54) is 0 Å². The molecule has 0 aliphatic heterocycles. The van der Waals surface area contributed by atoms with Crippen LogP contribution in [0.3, 0.4) is 0 Å². The minimum Gasteiger partial charge on any atom is -0.380 e. The van der Waals surface area contributed by atoms with Crippen molar-refractivity contribution < 1.29 is 4.74 Å². The summed E-state index contributed by atoms with van der Waals surface area (Å²) in [7, 11) is 1.74. The average molecular weight is 173 g/mol. The van der Waals surface area contributed by atoms with Crippen molar-refractivity contribution >= 4 is 0 Å². The van der Waals surface area contributed by atoms with E-state index in [0.29, 0.717) is 17.6 Å². The Labute approximate surface area is 76.7 Å². The van der Waals surface area contributed by atoms with Gasteiger partial charge in [0.15, 0.2) is 0 Å². The van der Waals surface area contributed by atoms with Crippen molar-refractivity contribution in [2.75, 3.05) is 13.7 Å². The molecule has 0 aliphatic carbocycles. The fourth-order valence-corrected chi connectivity index (χ4v) is 0.732. The molecule has 0 aliphatic rings. The molecule has 1 N–H and O–H groups in total. The van der Waals surface area contributed by atoms with E-state index < -0.39 is 0 Å². The predicted molar refractivity (Wildman–Crippen MR) is 53.4 cm³/mol. The number of hydrogen-bond donors (Lipinski definition) is 1. The van der Waals surface area contributed by atoms with Crippen LogP contribution in [0.5, 0.6) is 0 Å². The van der Waals surface area contributed by atoms with Crippen molar-refractivity contribution in [1.29, 1.82) is 0 Å². The van der Waals surface area contributed by atoms with Crippen molar-refractivity contribution in [1.82, 2.24) is 5.32 Å². The van der Waals surface area contributed by atoms with Crippen LogP contribution < -0.4 is 5.32 Å². The molecule has 0 rings (SSSR count). The van der Waals surface area contributed by atoms with Crippen LogP contribution in [-0.2, 0) is 4.74 Å². The number of nitrogens with one attached hydrogen (secondary N) is 1. The van der Waals surface area contributed by atoms with Gasteiger partial charge in [-0.3, -0.25) is 0 Å². The number of ether oxygens (including phenoxy) is 1. The quantitative estimate of drug-likeness (QED) is 0.702. The van der Waals surface area contributed by atoms with Crippen LogP contribution in [0.4, 0.5) is 0 Å².